The maximum absolute atomic E-state index is 5.28. The molecular weight excluding hydrogens is 218 g/mol. The molecule has 17 heavy (non-hydrogen) atoms. The molecule has 90 valence electrons. The van der Waals surface area contributed by atoms with Crippen molar-refractivity contribution in [1.82, 2.24) is 14.5 Å². The minimum absolute atomic E-state index is 0.229. The summed E-state index contributed by atoms with van der Waals surface area (Å²) in [6.07, 6.45) is 5.44. The molecule has 0 unspecified atom stereocenters. The third kappa shape index (κ3) is 3.04. The van der Waals surface area contributed by atoms with E-state index in [1.54, 1.807) is 12.5 Å². The van der Waals surface area contributed by atoms with Crippen molar-refractivity contribution in [2.24, 2.45) is 0 Å². The Morgan fingerprint density at radius 1 is 1.29 bits per heavy atom. The first kappa shape index (κ1) is 11.6. The van der Waals surface area contributed by atoms with Gasteiger partial charge in [-0.2, -0.15) is 0 Å². The van der Waals surface area contributed by atoms with Gasteiger partial charge in [0.25, 0.3) is 0 Å². The van der Waals surface area contributed by atoms with Crippen molar-refractivity contribution in [3.63, 3.8) is 0 Å². The Labute approximate surface area is 100 Å². The van der Waals surface area contributed by atoms with E-state index in [9.17, 15) is 0 Å². The van der Waals surface area contributed by atoms with Gasteiger partial charge in [-0.25, -0.2) is 9.97 Å². The number of nitrogens with zero attached hydrogens (tertiary/aromatic N) is 3. The third-order valence-corrected chi connectivity index (χ3v) is 2.22. The van der Waals surface area contributed by atoms with E-state index in [2.05, 4.69) is 9.97 Å². The topological polar surface area (TPSA) is 49.2 Å². The van der Waals surface area contributed by atoms with Crippen LogP contribution in [0.3, 0.4) is 0 Å². The van der Waals surface area contributed by atoms with E-state index in [4.69, 9.17) is 9.47 Å². The molecule has 0 spiro atoms. The van der Waals surface area contributed by atoms with Crippen LogP contribution in [-0.2, 0) is 4.74 Å². The molecule has 5 heteroatoms. The third-order valence-electron chi connectivity index (χ3n) is 2.22. The molecule has 0 aromatic carbocycles. The molecule has 0 bridgehead atoms. The van der Waals surface area contributed by atoms with Crippen LogP contribution in [0.4, 0.5) is 0 Å². The lowest BCUT2D eigenvalue weighted by Crippen LogP contribution is -2.03. The molecular formula is C12H15N3O2. The monoisotopic (exact) mass is 233 g/mol. The van der Waals surface area contributed by atoms with Gasteiger partial charge in [-0.05, 0) is 19.9 Å². The zero-order valence-corrected chi connectivity index (χ0v) is 9.96. The van der Waals surface area contributed by atoms with Gasteiger partial charge in [0.2, 0.25) is 5.88 Å². The predicted molar refractivity (Wildman–Crippen MR) is 63.2 cm³/mol. The molecule has 0 radical (unpaired) electrons. The fraction of sp³-hybridized carbons (Fsp3) is 0.333. The second-order valence-electron chi connectivity index (χ2n) is 3.53. The van der Waals surface area contributed by atoms with E-state index >= 15 is 0 Å². The van der Waals surface area contributed by atoms with Crippen molar-refractivity contribution >= 4 is 0 Å². The maximum Gasteiger partial charge on any atom is 0.215 e. The van der Waals surface area contributed by atoms with Gasteiger partial charge >= 0.3 is 0 Å². The first-order valence-electron chi connectivity index (χ1n) is 5.47. The Morgan fingerprint density at radius 3 is 2.76 bits per heavy atom. The Hall–Kier alpha value is -1.88. The van der Waals surface area contributed by atoms with Crippen LogP contribution >= 0.6 is 0 Å². The van der Waals surface area contributed by atoms with Crippen molar-refractivity contribution in [2.75, 3.05) is 13.4 Å². The Morgan fingerprint density at radius 2 is 2.18 bits per heavy atom. The van der Waals surface area contributed by atoms with Crippen molar-refractivity contribution < 1.29 is 9.47 Å². The van der Waals surface area contributed by atoms with Crippen LogP contribution in [0.2, 0.25) is 0 Å². The predicted octanol–water partition coefficient (Wildman–Crippen LogP) is 1.95. The van der Waals surface area contributed by atoms with Crippen LogP contribution in [0, 0.1) is 6.92 Å². The van der Waals surface area contributed by atoms with Gasteiger partial charge in [-0.3, -0.25) is 0 Å². The van der Waals surface area contributed by atoms with E-state index in [1.165, 1.54) is 0 Å². The summed E-state index contributed by atoms with van der Waals surface area (Å²) in [5.74, 6) is 0.555. The number of aryl methyl sites for hydroxylation is 1. The van der Waals surface area contributed by atoms with Crippen LogP contribution < -0.4 is 4.74 Å². The molecule has 0 saturated carbocycles. The first-order chi connectivity index (χ1) is 8.29. The zero-order valence-electron chi connectivity index (χ0n) is 9.96. The summed E-state index contributed by atoms with van der Waals surface area (Å²) in [6.45, 7) is 4.73. The number of hydrogen-bond acceptors (Lipinski definition) is 4. The van der Waals surface area contributed by atoms with Crippen LogP contribution in [0.1, 0.15) is 12.6 Å². The molecule has 2 rings (SSSR count). The second-order valence-corrected chi connectivity index (χ2v) is 3.53. The summed E-state index contributed by atoms with van der Waals surface area (Å²) < 4.78 is 12.3. The molecule has 0 saturated heterocycles. The molecule has 0 aliphatic carbocycles. The largest absolute Gasteiger partial charge is 0.451 e. The Bertz CT molecular complexity index is 465. The average molecular weight is 233 g/mol. The highest BCUT2D eigenvalue weighted by Crippen LogP contribution is 2.11. The number of hydrogen-bond donors (Lipinski definition) is 0. The minimum atomic E-state index is 0.229. The quantitative estimate of drug-likeness (QED) is 0.585. The summed E-state index contributed by atoms with van der Waals surface area (Å²) in [6, 6.07) is 3.74. The molecule has 0 aliphatic heterocycles. The fourth-order valence-corrected chi connectivity index (χ4v) is 1.36. The molecule has 5 nitrogen and oxygen atoms in total. The van der Waals surface area contributed by atoms with Crippen molar-refractivity contribution in [1.29, 1.82) is 0 Å². The smallest absolute Gasteiger partial charge is 0.215 e. The van der Waals surface area contributed by atoms with Crippen LogP contribution in [0.15, 0.2) is 30.9 Å². The van der Waals surface area contributed by atoms with Crippen LogP contribution in [-0.4, -0.2) is 27.9 Å². The number of pyridine rings is 1. The standard InChI is InChI=1S/C12H15N3O2/c1-3-16-9-17-12-5-4-11(6-13-12)15-7-10(2)14-8-15/h4-8H,3,9H2,1-2H3. The summed E-state index contributed by atoms with van der Waals surface area (Å²) in [4.78, 5) is 8.35. The van der Waals surface area contributed by atoms with Gasteiger partial charge in [0.15, 0.2) is 6.79 Å². The molecule has 0 fully saturated rings. The van der Waals surface area contributed by atoms with Gasteiger partial charge in [-0.1, -0.05) is 0 Å². The number of rotatable bonds is 5. The van der Waals surface area contributed by atoms with Gasteiger partial charge in [0.1, 0.15) is 0 Å². The van der Waals surface area contributed by atoms with E-state index in [-0.39, 0.29) is 6.79 Å². The second kappa shape index (κ2) is 5.45. The van der Waals surface area contributed by atoms with E-state index in [1.807, 2.05) is 36.7 Å². The van der Waals surface area contributed by atoms with Crippen molar-refractivity contribution in [3.8, 4) is 11.6 Å². The normalized spacial score (nSPS) is 10.5. The Kier molecular flexibility index (Phi) is 3.72. The summed E-state index contributed by atoms with van der Waals surface area (Å²) in [5.41, 5.74) is 1.93. The average Bonchev–Trinajstić information content (AvgIpc) is 2.77. The lowest BCUT2D eigenvalue weighted by atomic mass is 10.4. The van der Waals surface area contributed by atoms with Crippen LogP contribution in [0.5, 0.6) is 5.88 Å². The molecule has 2 aromatic heterocycles. The molecule has 0 amide bonds. The van der Waals surface area contributed by atoms with Gasteiger partial charge in [0, 0.05) is 18.9 Å². The zero-order chi connectivity index (χ0) is 12.1. The highest BCUT2D eigenvalue weighted by Gasteiger charge is 1.99. The summed E-state index contributed by atoms with van der Waals surface area (Å²) in [5, 5.41) is 0. The molecule has 2 aromatic rings. The van der Waals surface area contributed by atoms with E-state index in [0.717, 1.165) is 11.4 Å². The highest BCUT2D eigenvalue weighted by molar-refractivity contribution is 5.31. The van der Waals surface area contributed by atoms with Crippen LogP contribution in [0.25, 0.3) is 5.69 Å². The minimum Gasteiger partial charge on any atom is -0.451 e. The number of aromatic nitrogens is 3. The first-order valence-corrected chi connectivity index (χ1v) is 5.47. The number of ether oxygens (including phenoxy) is 2. The van der Waals surface area contributed by atoms with Gasteiger partial charge in [-0.15, -0.1) is 0 Å². The van der Waals surface area contributed by atoms with E-state index in [0.29, 0.717) is 12.5 Å². The van der Waals surface area contributed by atoms with Gasteiger partial charge in [0.05, 0.1) is 23.9 Å². The van der Waals surface area contributed by atoms with Gasteiger partial charge < -0.3 is 14.0 Å². The summed E-state index contributed by atoms with van der Waals surface area (Å²) in [7, 11) is 0. The molecule has 0 aliphatic rings. The Balaban J connectivity index is 2.02. The molecule has 0 atom stereocenters. The van der Waals surface area contributed by atoms with Crippen molar-refractivity contribution in [3.05, 3.63) is 36.5 Å². The lowest BCUT2D eigenvalue weighted by molar-refractivity contribution is 0.0197. The lowest BCUT2D eigenvalue weighted by Gasteiger charge is -2.06. The number of imidazole rings is 1. The summed E-state index contributed by atoms with van der Waals surface area (Å²) >= 11 is 0. The molecule has 2 heterocycles. The fourth-order valence-electron chi connectivity index (χ4n) is 1.36. The van der Waals surface area contributed by atoms with Crippen molar-refractivity contribution in [2.45, 2.75) is 13.8 Å². The van der Waals surface area contributed by atoms with E-state index < -0.39 is 0 Å². The highest BCUT2D eigenvalue weighted by atomic mass is 16.7. The SMILES string of the molecule is CCOCOc1ccc(-n2cnc(C)c2)cn1. The maximum atomic E-state index is 5.28. The molecule has 0 N–H and O–H groups in total.